The number of pyridine rings is 2. The first-order valence-corrected chi connectivity index (χ1v) is 10.7. The van der Waals surface area contributed by atoms with Gasteiger partial charge >= 0.3 is 0 Å². The molecule has 2 aromatic rings. The van der Waals surface area contributed by atoms with Gasteiger partial charge in [-0.2, -0.15) is 5.26 Å². The van der Waals surface area contributed by atoms with Crippen LogP contribution in [0.5, 0.6) is 0 Å². The Morgan fingerprint density at radius 1 is 1.39 bits per heavy atom. The Labute approximate surface area is 183 Å². The molecule has 0 saturated carbocycles. The minimum Gasteiger partial charge on any atom is -0.378 e. The molecule has 7 heteroatoms. The lowest BCUT2D eigenvalue weighted by molar-refractivity contribution is 0.111. The molecule has 7 nitrogen and oxygen atoms in total. The van der Waals surface area contributed by atoms with Crippen LogP contribution in [-0.4, -0.2) is 35.6 Å². The highest BCUT2D eigenvalue weighted by Crippen LogP contribution is 2.33. The topological polar surface area (TPSA) is 94.3 Å². The number of hydrogen-bond donors (Lipinski definition) is 1. The maximum absolute atomic E-state index is 11.5. The molecule has 1 aliphatic heterocycles. The van der Waals surface area contributed by atoms with Crippen molar-refractivity contribution in [3.05, 3.63) is 52.5 Å². The fourth-order valence-electron chi connectivity index (χ4n) is 3.61. The highest BCUT2D eigenvalue weighted by atomic mass is 16.1. The van der Waals surface area contributed by atoms with Gasteiger partial charge in [-0.25, -0.2) is 9.97 Å². The van der Waals surface area contributed by atoms with Crippen molar-refractivity contribution in [1.29, 1.82) is 5.26 Å². The number of anilines is 3. The molecule has 0 atom stereocenters. The Kier molecular flexibility index (Phi) is 7.50. The summed E-state index contributed by atoms with van der Waals surface area (Å²) in [6.07, 6.45) is 9.74. The molecule has 1 aliphatic rings. The van der Waals surface area contributed by atoms with Gasteiger partial charge < -0.3 is 10.2 Å². The van der Waals surface area contributed by atoms with Crippen LogP contribution in [0.25, 0.3) is 0 Å². The summed E-state index contributed by atoms with van der Waals surface area (Å²) in [6, 6.07) is 6.16. The lowest BCUT2D eigenvalue weighted by Crippen LogP contribution is -2.27. The number of rotatable bonds is 8. The third kappa shape index (κ3) is 4.97. The SMILES string of the molecule is C/C=C(/CNc1cc(N2CCCc3cc(CC)c(C=O)nc32)ncc1C#N)N=CCC. The molecule has 0 unspecified atom stereocenters. The molecule has 31 heavy (non-hydrogen) atoms. The van der Waals surface area contributed by atoms with Crippen molar-refractivity contribution in [1.82, 2.24) is 9.97 Å². The van der Waals surface area contributed by atoms with Crippen LogP contribution in [-0.2, 0) is 12.8 Å². The molecule has 0 amide bonds. The molecule has 1 N–H and O–H groups in total. The molecule has 0 aromatic carbocycles. The number of nitrogens with zero attached hydrogens (tertiary/aromatic N) is 5. The first kappa shape index (κ1) is 22.2. The van der Waals surface area contributed by atoms with E-state index in [2.05, 4.69) is 32.4 Å². The summed E-state index contributed by atoms with van der Waals surface area (Å²) in [6.45, 7) is 7.27. The van der Waals surface area contributed by atoms with Gasteiger partial charge in [-0.05, 0) is 49.8 Å². The molecule has 0 spiro atoms. The van der Waals surface area contributed by atoms with Gasteiger partial charge in [0, 0.05) is 25.0 Å². The van der Waals surface area contributed by atoms with Gasteiger partial charge in [0.15, 0.2) is 6.29 Å². The average molecular weight is 417 g/mol. The van der Waals surface area contributed by atoms with Gasteiger partial charge in [-0.1, -0.05) is 19.9 Å². The van der Waals surface area contributed by atoms with Gasteiger partial charge in [0.2, 0.25) is 0 Å². The van der Waals surface area contributed by atoms with Crippen molar-refractivity contribution >= 4 is 29.8 Å². The Morgan fingerprint density at radius 2 is 2.23 bits per heavy atom. The van der Waals surface area contributed by atoms with Crippen LogP contribution in [0.3, 0.4) is 0 Å². The molecular formula is C24H28N6O. The van der Waals surface area contributed by atoms with Crippen molar-refractivity contribution in [2.45, 2.75) is 46.5 Å². The number of hydrogen-bond acceptors (Lipinski definition) is 7. The van der Waals surface area contributed by atoms with E-state index < -0.39 is 0 Å². The van der Waals surface area contributed by atoms with Crippen LogP contribution in [0, 0.1) is 11.3 Å². The van der Waals surface area contributed by atoms with Gasteiger partial charge in [-0.15, -0.1) is 0 Å². The molecule has 2 aromatic heterocycles. The molecule has 160 valence electrons. The van der Waals surface area contributed by atoms with Crippen molar-refractivity contribution in [3.63, 3.8) is 0 Å². The van der Waals surface area contributed by atoms with Crippen molar-refractivity contribution < 1.29 is 4.79 Å². The zero-order valence-electron chi connectivity index (χ0n) is 18.4. The Bertz CT molecular complexity index is 1050. The molecule has 0 saturated heterocycles. The number of aromatic nitrogens is 2. The third-order valence-corrected chi connectivity index (χ3v) is 5.29. The van der Waals surface area contributed by atoms with E-state index >= 15 is 0 Å². The van der Waals surface area contributed by atoms with Crippen molar-refractivity contribution in [2.75, 3.05) is 23.3 Å². The fraction of sp³-hybridized carbons (Fsp3) is 0.375. The zero-order valence-corrected chi connectivity index (χ0v) is 18.4. The van der Waals surface area contributed by atoms with Crippen LogP contribution < -0.4 is 10.2 Å². The van der Waals surface area contributed by atoms with Gasteiger partial charge in [0.05, 0.1) is 23.5 Å². The standard InChI is InChI=1S/C24H28N6O/c1-4-9-26-20(6-3)15-27-21-12-23(28-14-19(21)13-25)30-10-7-8-18-11-17(5-2)22(16-31)29-24(18)30/h6,9,11-12,14,16H,4-5,7-8,10,15H2,1-3H3,(H,27,28)/b20-6-,26-9?. The molecule has 0 aliphatic carbocycles. The van der Waals surface area contributed by atoms with Crippen molar-refractivity contribution in [2.24, 2.45) is 4.99 Å². The summed E-state index contributed by atoms with van der Waals surface area (Å²) < 4.78 is 0. The first-order chi connectivity index (χ1) is 15.1. The van der Waals surface area contributed by atoms with Gasteiger partial charge in [0.25, 0.3) is 0 Å². The normalized spacial score (nSPS) is 13.7. The van der Waals surface area contributed by atoms with E-state index in [0.717, 1.165) is 61.2 Å². The number of aryl methyl sites for hydroxylation is 2. The Morgan fingerprint density at radius 3 is 2.90 bits per heavy atom. The van der Waals surface area contributed by atoms with Gasteiger partial charge in [-0.3, -0.25) is 9.79 Å². The Balaban J connectivity index is 1.94. The molecule has 0 bridgehead atoms. The number of nitrogens with one attached hydrogen (secondary N) is 1. The molecule has 3 rings (SSSR count). The second-order valence-corrected chi connectivity index (χ2v) is 7.30. The van der Waals surface area contributed by atoms with E-state index in [0.29, 0.717) is 29.3 Å². The summed E-state index contributed by atoms with van der Waals surface area (Å²) in [5, 5.41) is 12.8. The van der Waals surface area contributed by atoms with Gasteiger partial charge in [0.1, 0.15) is 23.4 Å². The Hall–Kier alpha value is -3.53. The number of carbonyl (C=O) groups excluding carboxylic acids is 1. The molecule has 3 heterocycles. The largest absolute Gasteiger partial charge is 0.378 e. The second kappa shape index (κ2) is 10.5. The smallest absolute Gasteiger partial charge is 0.168 e. The van der Waals surface area contributed by atoms with E-state index in [4.69, 9.17) is 0 Å². The quantitative estimate of drug-likeness (QED) is 0.499. The predicted molar refractivity (Wildman–Crippen MR) is 124 cm³/mol. The minimum absolute atomic E-state index is 0.471. The van der Waals surface area contributed by atoms with E-state index in [1.165, 1.54) is 0 Å². The number of nitriles is 1. The first-order valence-electron chi connectivity index (χ1n) is 10.7. The molecule has 0 radical (unpaired) electrons. The third-order valence-electron chi connectivity index (χ3n) is 5.29. The number of aliphatic imine (C=N–C) groups is 1. The fourth-order valence-corrected chi connectivity index (χ4v) is 3.61. The summed E-state index contributed by atoms with van der Waals surface area (Å²) in [7, 11) is 0. The minimum atomic E-state index is 0.471. The van der Waals surface area contributed by atoms with E-state index in [9.17, 15) is 10.1 Å². The number of aldehydes is 1. The maximum Gasteiger partial charge on any atom is 0.168 e. The van der Waals surface area contributed by atoms with Crippen LogP contribution in [0.1, 0.15) is 60.8 Å². The van der Waals surface area contributed by atoms with Crippen LogP contribution in [0.4, 0.5) is 17.3 Å². The summed E-state index contributed by atoms with van der Waals surface area (Å²) in [5.74, 6) is 1.48. The summed E-state index contributed by atoms with van der Waals surface area (Å²) in [4.78, 5) is 27.2. The highest BCUT2D eigenvalue weighted by molar-refractivity contribution is 5.77. The van der Waals surface area contributed by atoms with Crippen LogP contribution >= 0.6 is 0 Å². The number of fused-ring (bicyclic) bond motifs is 1. The summed E-state index contributed by atoms with van der Waals surface area (Å²) >= 11 is 0. The number of carbonyl (C=O) groups is 1. The molecule has 0 fully saturated rings. The lowest BCUT2D eigenvalue weighted by Gasteiger charge is -2.30. The predicted octanol–water partition coefficient (Wildman–Crippen LogP) is 4.60. The monoisotopic (exact) mass is 416 g/mol. The van der Waals surface area contributed by atoms with E-state index in [1.54, 1.807) is 6.20 Å². The highest BCUT2D eigenvalue weighted by Gasteiger charge is 2.23. The van der Waals surface area contributed by atoms with E-state index in [1.807, 2.05) is 44.0 Å². The molecular weight excluding hydrogens is 388 g/mol. The summed E-state index contributed by atoms with van der Waals surface area (Å²) in [5.41, 5.74) is 4.64. The second-order valence-electron chi connectivity index (χ2n) is 7.30. The van der Waals surface area contributed by atoms with Crippen LogP contribution in [0.2, 0.25) is 0 Å². The van der Waals surface area contributed by atoms with E-state index in [-0.39, 0.29) is 0 Å². The lowest BCUT2D eigenvalue weighted by atomic mass is 10.0. The van der Waals surface area contributed by atoms with Crippen LogP contribution in [0.15, 0.2) is 35.1 Å². The zero-order chi connectivity index (χ0) is 22.2. The number of allylic oxidation sites excluding steroid dienone is 1. The van der Waals surface area contributed by atoms with Crippen molar-refractivity contribution in [3.8, 4) is 6.07 Å². The maximum atomic E-state index is 11.5. The average Bonchev–Trinajstić information content (AvgIpc) is 2.82.